The van der Waals surface area contributed by atoms with Crippen LogP contribution in [0.4, 0.5) is 13.2 Å². The predicted octanol–water partition coefficient (Wildman–Crippen LogP) is 4.72. The number of thiophene rings is 1. The van der Waals surface area contributed by atoms with Crippen LogP contribution in [0.3, 0.4) is 0 Å². The van der Waals surface area contributed by atoms with Gasteiger partial charge in [0, 0.05) is 36.3 Å². The van der Waals surface area contributed by atoms with E-state index in [9.17, 15) is 13.2 Å². The van der Waals surface area contributed by atoms with E-state index in [0.29, 0.717) is 13.2 Å². The summed E-state index contributed by atoms with van der Waals surface area (Å²) >= 11 is 1.21. The standard InChI is InChI=1S/C22H22F3N3OS/c1-14-16(13-28(26-14)20-17(23)3-2-4-18(20)24)12-27-8-6-22(7-9-27)21-15(5-10-29-22)11-19(25)30-21/h2-4,11,13H,5-10,12H2,1H3. The Hall–Kier alpha value is -2.16. The molecule has 0 amide bonds. The third kappa shape index (κ3) is 3.36. The van der Waals surface area contributed by atoms with Crippen LogP contribution in [0.15, 0.2) is 30.5 Å². The van der Waals surface area contributed by atoms with E-state index in [-0.39, 0.29) is 16.4 Å². The van der Waals surface area contributed by atoms with Crippen molar-refractivity contribution >= 4 is 11.3 Å². The molecular weight excluding hydrogens is 411 g/mol. The molecule has 158 valence electrons. The summed E-state index contributed by atoms with van der Waals surface area (Å²) in [5.41, 5.74) is 2.22. The average molecular weight is 433 g/mol. The number of hydrogen-bond acceptors (Lipinski definition) is 4. The maximum Gasteiger partial charge on any atom is 0.177 e. The van der Waals surface area contributed by atoms with Crippen molar-refractivity contribution in [2.45, 2.75) is 38.3 Å². The molecule has 0 aliphatic carbocycles. The molecule has 0 N–H and O–H groups in total. The topological polar surface area (TPSA) is 30.3 Å². The van der Waals surface area contributed by atoms with E-state index in [1.165, 1.54) is 34.2 Å². The lowest BCUT2D eigenvalue weighted by atomic mass is 9.85. The second kappa shape index (κ2) is 7.51. The lowest BCUT2D eigenvalue weighted by Crippen LogP contribution is -2.45. The summed E-state index contributed by atoms with van der Waals surface area (Å²) in [6, 6.07) is 5.44. The number of fused-ring (bicyclic) bond motifs is 2. The highest BCUT2D eigenvalue weighted by molar-refractivity contribution is 7.10. The number of piperidine rings is 1. The molecule has 1 saturated heterocycles. The van der Waals surface area contributed by atoms with Crippen LogP contribution < -0.4 is 0 Å². The lowest BCUT2D eigenvalue weighted by Gasteiger charge is -2.43. The van der Waals surface area contributed by atoms with E-state index >= 15 is 0 Å². The number of nitrogens with zero attached hydrogens (tertiary/aromatic N) is 3. The minimum Gasteiger partial charge on any atom is -0.369 e. The Bertz CT molecular complexity index is 1070. The zero-order valence-electron chi connectivity index (χ0n) is 16.6. The molecule has 2 aliphatic rings. The van der Waals surface area contributed by atoms with E-state index < -0.39 is 11.6 Å². The maximum atomic E-state index is 14.1. The summed E-state index contributed by atoms with van der Waals surface area (Å²) in [4.78, 5) is 3.34. The Morgan fingerprint density at radius 3 is 2.63 bits per heavy atom. The summed E-state index contributed by atoms with van der Waals surface area (Å²) in [6.45, 7) is 4.73. The van der Waals surface area contributed by atoms with Gasteiger partial charge in [-0.25, -0.2) is 13.5 Å². The van der Waals surface area contributed by atoms with Crippen molar-refractivity contribution in [1.82, 2.24) is 14.7 Å². The molecule has 30 heavy (non-hydrogen) atoms. The predicted molar refractivity (Wildman–Crippen MR) is 108 cm³/mol. The van der Waals surface area contributed by atoms with Gasteiger partial charge >= 0.3 is 0 Å². The van der Waals surface area contributed by atoms with Gasteiger partial charge in [0.25, 0.3) is 0 Å². The minimum absolute atomic E-state index is 0.143. The Balaban J connectivity index is 1.32. The second-order valence-electron chi connectivity index (χ2n) is 8.03. The van der Waals surface area contributed by atoms with Crippen LogP contribution in [0, 0.1) is 23.7 Å². The first-order valence-corrected chi connectivity index (χ1v) is 10.9. The SMILES string of the molecule is Cc1nn(-c2c(F)cccc2F)cc1CN1CCC2(CC1)OCCc1cc(F)sc12. The fourth-order valence-corrected chi connectivity index (χ4v) is 5.68. The monoisotopic (exact) mass is 433 g/mol. The van der Waals surface area contributed by atoms with Crippen molar-refractivity contribution in [2.75, 3.05) is 19.7 Å². The second-order valence-corrected chi connectivity index (χ2v) is 9.03. The first kappa shape index (κ1) is 19.8. The summed E-state index contributed by atoms with van der Waals surface area (Å²) in [5, 5.41) is 4.19. The van der Waals surface area contributed by atoms with Crippen molar-refractivity contribution < 1.29 is 17.9 Å². The number of aryl methyl sites for hydroxylation is 1. The Morgan fingerprint density at radius 1 is 1.17 bits per heavy atom. The lowest BCUT2D eigenvalue weighted by molar-refractivity contribution is -0.0960. The van der Waals surface area contributed by atoms with Gasteiger partial charge < -0.3 is 4.74 Å². The van der Waals surface area contributed by atoms with Crippen molar-refractivity contribution in [3.63, 3.8) is 0 Å². The molecule has 1 fully saturated rings. The van der Waals surface area contributed by atoms with Crippen LogP contribution in [0.2, 0.25) is 0 Å². The molecule has 1 aromatic carbocycles. The van der Waals surface area contributed by atoms with E-state index in [2.05, 4.69) is 10.00 Å². The van der Waals surface area contributed by atoms with Gasteiger partial charge in [-0.1, -0.05) is 6.07 Å². The minimum atomic E-state index is -0.641. The summed E-state index contributed by atoms with van der Waals surface area (Å²) < 4.78 is 49.5. The van der Waals surface area contributed by atoms with Crippen LogP contribution in [0.25, 0.3) is 5.69 Å². The largest absolute Gasteiger partial charge is 0.369 e. The molecule has 2 aliphatic heterocycles. The Kier molecular flexibility index (Phi) is 4.95. The highest BCUT2D eigenvalue weighted by Crippen LogP contribution is 2.45. The van der Waals surface area contributed by atoms with Gasteiger partial charge in [0.2, 0.25) is 0 Å². The normalized spacial score (nSPS) is 18.7. The van der Waals surface area contributed by atoms with Crippen molar-refractivity contribution in [3.05, 3.63) is 68.9 Å². The van der Waals surface area contributed by atoms with E-state index in [4.69, 9.17) is 4.74 Å². The molecule has 4 heterocycles. The number of aromatic nitrogens is 2. The van der Waals surface area contributed by atoms with Gasteiger partial charge in [0.15, 0.2) is 16.8 Å². The molecule has 0 bridgehead atoms. The van der Waals surface area contributed by atoms with Crippen LogP contribution >= 0.6 is 11.3 Å². The molecule has 5 rings (SSSR count). The molecule has 0 radical (unpaired) electrons. The van der Waals surface area contributed by atoms with Crippen LogP contribution in [-0.2, 0) is 23.3 Å². The highest BCUT2D eigenvalue weighted by atomic mass is 32.1. The Morgan fingerprint density at radius 2 is 1.90 bits per heavy atom. The van der Waals surface area contributed by atoms with Gasteiger partial charge in [0.05, 0.1) is 12.3 Å². The molecule has 8 heteroatoms. The first-order valence-electron chi connectivity index (χ1n) is 10.1. The van der Waals surface area contributed by atoms with E-state index in [1.54, 1.807) is 12.3 Å². The Labute approximate surface area is 176 Å². The maximum absolute atomic E-state index is 14.1. The van der Waals surface area contributed by atoms with Gasteiger partial charge in [-0.05, 0) is 49.9 Å². The first-order chi connectivity index (χ1) is 14.4. The molecule has 1 spiro atoms. The highest BCUT2D eigenvalue weighted by Gasteiger charge is 2.42. The van der Waals surface area contributed by atoms with Crippen molar-refractivity contribution in [3.8, 4) is 5.69 Å². The number of ether oxygens (including phenoxy) is 1. The zero-order valence-corrected chi connectivity index (χ0v) is 17.4. The number of benzene rings is 1. The summed E-state index contributed by atoms with van der Waals surface area (Å²) in [6.07, 6.45) is 4.07. The van der Waals surface area contributed by atoms with Crippen LogP contribution in [0.1, 0.15) is 34.5 Å². The smallest absolute Gasteiger partial charge is 0.177 e. The van der Waals surface area contributed by atoms with Gasteiger partial charge in [-0.15, -0.1) is 11.3 Å². The molecule has 3 aromatic rings. The quantitative estimate of drug-likeness (QED) is 0.599. The number of likely N-dealkylation sites (tertiary alicyclic amines) is 1. The number of halogens is 3. The van der Waals surface area contributed by atoms with Crippen molar-refractivity contribution in [2.24, 2.45) is 0 Å². The molecule has 0 unspecified atom stereocenters. The average Bonchev–Trinajstić information content (AvgIpc) is 3.27. The molecule has 4 nitrogen and oxygen atoms in total. The zero-order chi connectivity index (χ0) is 20.9. The van der Waals surface area contributed by atoms with E-state index in [1.807, 2.05) is 6.92 Å². The number of para-hydroxylation sites is 1. The fraction of sp³-hybridized carbons (Fsp3) is 0.409. The number of hydrogen-bond donors (Lipinski definition) is 0. The van der Waals surface area contributed by atoms with Gasteiger partial charge in [-0.3, -0.25) is 4.90 Å². The van der Waals surface area contributed by atoms with Gasteiger partial charge in [-0.2, -0.15) is 9.49 Å². The molecular formula is C22H22F3N3OS. The fourth-order valence-electron chi connectivity index (χ4n) is 4.55. The van der Waals surface area contributed by atoms with E-state index in [0.717, 1.165) is 54.0 Å². The molecule has 0 saturated carbocycles. The summed E-state index contributed by atoms with van der Waals surface area (Å²) in [7, 11) is 0. The number of rotatable bonds is 3. The third-order valence-corrected chi connectivity index (χ3v) is 7.32. The summed E-state index contributed by atoms with van der Waals surface area (Å²) in [5.74, 6) is -1.28. The van der Waals surface area contributed by atoms with Gasteiger partial charge in [0.1, 0.15) is 11.3 Å². The molecule has 2 aromatic heterocycles. The van der Waals surface area contributed by atoms with Crippen LogP contribution in [0.5, 0.6) is 0 Å². The van der Waals surface area contributed by atoms with Crippen molar-refractivity contribution in [1.29, 1.82) is 0 Å². The third-order valence-electron chi connectivity index (χ3n) is 6.17. The molecule has 0 atom stereocenters. The van der Waals surface area contributed by atoms with Crippen LogP contribution in [-0.4, -0.2) is 34.4 Å².